The van der Waals surface area contributed by atoms with Crippen molar-refractivity contribution in [1.82, 2.24) is 20.9 Å². The molecule has 0 aromatic heterocycles. The third-order valence-electron chi connectivity index (χ3n) is 3.23. The minimum Gasteiger partial charge on any atom is -0.481 e. The van der Waals surface area contributed by atoms with Gasteiger partial charge in [0.05, 0.1) is 26.2 Å². The monoisotopic (exact) mass is 336 g/mol. The number of rotatable bonds is 17. The Kier molecular flexibility index (Phi) is 15.5. The van der Waals surface area contributed by atoms with Crippen LogP contribution < -0.4 is 16.0 Å². The lowest BCUT2D eigenvalue weighted by Gasteiger charge is -2.27. The van der Waals surface area contributed by atoms with Gasteiger partial charge in [0.2, 0.25) is 0 Å². The molecule has 1 atom stereocenters. The summed E-state index contributed by atoms with van der Waals surface area (Å²) in [5.41, 5.74) is 0. The standard InChI is InChI=1S/C14H32N4O5/c19-8-3-15-1-6-18(7-2-16-4-9-20)12-13(11-14(22)23)17-5-10-21/h13,15-17,19-21H,1-12H2,(H,22,23). The molecular formula is C14H32N4O5. The Balaban J connectivity index is 4.35. The molecule has 138 valence electrons. The molecule has 0 aliphatic rings. The van der Waals surface area contributed by atoms with E-state index in [4.69, 9.17) is 20.4 Å². The van der Waals surface area contributed by atoms with E-state index in [2.05, 4.69) is 20.9 Å². The maximum Gasteiger partial charge on any atom is 0.304 e. The molecule has 7 N–H and O–H groups in total. The molecule has 0 fully saturated rings. The summed E-state index contributed by atoms with van der Waals surface area (Å²) in [6.45, 7) is 4.92. The zero-order valence-corrected chi connectivity index (χ0v) is 13.7. The Morgan fingerprint density at radius 3 is 1.83 bits per heavy atom. The van der Waals surface area contributed by atoms with Gasteiger partial charge in [-0.2, -0.15) is 0 Å². The largest absolute Gasteiger partial charge is 0.481 e. The van der Waals surface area contributed by atoms with Crippen LogP contribution in [0.1, 0.15) is 6.42 Å². The lowest BCUT2D eigenvalue weighted by Crippen LogP contribution is -2.47. The summed E-state index contributed by atoms with van der Waals surface area (Å²) < 4.78 is 0. The van der Waals surface area contributed by atoms with Crippen LogP contribution in [0.25, 0.3) is 0 Å². The molecule has 0 saturated heterocycles. The number of hydrogen-bond acceptors (Lipinski definition) is 8. The van der Waals surface area contributed by atoms with Gasteiger partial charge in [-0.3, -0.25) is 9.69 Å². The molecule has 1 unspecified atom stereocenters. The summed E-state index contributed by atoms with van der Waals surface area (Å²) in [7, 11) is 0. The van der Waals surface area contributed by atoms with Gasteiger partial charge in [-0.15, -0.1) is 0 Å². The van der Waals surface area contributed by atoms with Gasteiger partial charge in [0.1, 0.15) is 0 Å². The average Bonchev–Trinajstić information content (AvgIpc) is 2.52. The second kappa shape index (κ2) is 16.1. The van der Waals surface area contributed by atoms with Crippen LogP contribution in [0.3, 0.4) is 0 Å². The first kappa shape index (κ1) is 22.2. The number of aliphatic hydroxyl groups excluding tert-OH is 3. The summed E-state index contributed by atoms with van der Waals surface area (Å²) in [5, 5.41) is 44.6. The van der Waals surface area contributed by atoms with Gasteiger partial charge in [0.25, 0.3) is 0 Å². The fraction of sp³-hybridized carbons (Fsp3) is 0.929. The quantitative estimate of drug-likeness (QED) is 0.138. The van der Waals surface area contributed by atoms with Gasteiger partial charge in [-0.25, -0.2) is 0 Å². The molecule has 0 bridgehead atoms. The van der Waals surface area contributed by atoms with E-state index < -0.39 is 5.97 Å². The molecule has 0 aliphatic carbocycles. The number of carboxylic acid groups (broad SMARTS) is 1. The summed E-state index contributed by atoms with van der Waals surface area (Å²) in [6, 6.07) is -0.240. The highest BCUT2D eigenvalue weighted by Crippen LogP contribution is 1.98. The number of nitrogens with zero attached hydrogens (tertiary/aromatic N) is 1. The van der Waals surface area contributed by atoms with E-state index in [1.54, 1.807) is 0 Å². The Hall–Kier alpha value is -0.810. The minimum atomic E-state index is -0.878. The second-order valence-corrected chi connectivity index (χ2v) is 5.22. The molecule has 0 rings (SSSR count). The molecule has 9 heteroatoms. The van der Waals surface area contributed by atoms with Crippen LogP contribution in [0, 0.1) is 0 Å². The molecule has 0 aromatic carbocycles. The number of aliphatic hydroxyl groups is 3. The van der Waals surface area contributed by atoms with Gasteiger partial charge >= 0.3 is 5.97 Å². The highest BCUT2D eigenvalue weighted by molar-refractivity contribution is 5.67. The number of nitrogens with one attached hydrogen (secondary N) is 3. The van der Waals surface area contributed by atoms with Crippen LogP contribution >= 0.6 is 0 Å². The Morgan fingerprint density at radius 2 is 1.39 bits per heavy atom. The van der Waals surface area contributed by atoms with Crippen molar-refractivity contribution in [3.8, 4) is 0 Å². The van der Waals surface area contributed by atoms with Gasteiger partial charge in [0.15, 0.2) is 0 Å². The molecule has 0 spiro atoms. The molecule has 0 aliphatic heterocycles. The number of carbonyl (C=O) groups is 1. The molecule has 0 aromatic rings. The fourth-order valence-electron chi connectivity index (χ4n) is 2.17. The molecule has 0 amide bonds. The van der Waals surface area contributed by atoms with E-state index in [1.807, 2.05) is 0 Å². The molecule has 23 heavy (non-hydrogen) atoms. The highest BCUT2D eigenvalue weighted by atomic mass is 16.4. The third kappa shape index (κ3) is 14.5. The Labute approximate surface area is 137 Å². The van der Waals surface area contributed by atoms with Crippen LogP contribution in [-0.2, 0) is 4.79 Å². The molecule has 0 saturated carbocycles. The van der Waals surface area contributed by atoms with Crippen LogP contribution in [-0.4, -0.2) is 110 Å². The second-order valence-electron chi connectivity index (χ2n) is 5.22. The van der Waals surface area contributed by atoms with Crippen LogP contribution in [0.15, 0.2) is 0 Å². The maximum absolute atomic E-state index is 11.0. The van der Waals surface area contributed by atoms with E-state index in [0.717, 1.165) is 13.1 Å². The predicted molar refractivity (Wildman–Crippen MR) is 87.5 cm³/mol. The van der Waals surface area contributed by atoms with Crippen molar-refractivity contribution in [3.63, 3.8) is 0 Å². The van der Waals surface area contributed by atoms with E-state index >= 15 is 0 Å². The summed E-state index contributed by atoms with van der Waals surface area (Å²) in [4.78, 5) is 13.1. The maximum atomic E-state index is 11.0. The molecule has 0 radical (unpaired) electrons. The first-order valence-corrected chi connectivity index (χ1v) is 8.05. The minimum absolute atomic E-state index is 0.00929. The van der Waals surface area contributed by atoms with Crippen molar-refractivity contribution in [2.75, 3.05) is 72.2 Å². The lowest BCUT2D eigenvalue weighted by molar-refractivity contribution is -0.137. The molecule has 0 heterocycles. The molecule has 9 nitrogen and oxygen atoms in total. The smallest absolute Gasteiger partial charge is 0.304 e. The number of hydrogen-bond donors (Lipinski definition) is 7. The van der Waals surface area contributed by atoms with Crippen molar-refractivity contribution in [3.05, 3.63) is 0 Å². The zero-order valence-electron chi connectivity index (χ0n) is 13.7. The van der Waals surface area contributed by atoms with Crippen molar-refractivity contribution < 1.29 is 25.2 Å². The van der Waals surface area contributed by atoms with Crippen molar-refractivity contribution >= 4 is 5.97 Å². The van der Waals surface area contributed by atoms with Gasteiger partial charge < -0.3 is 36.4 Å². The van der Waals surface area contributed by atoms with E-state index in [1.165, 1.54) is 0 Å². The lowest BCUT2D eigenvalue weighted by atomic mass is 10.2. The first-order valence-electron chi connectivity index (χ1n) is 8.05. The first-order chi connectivity index (χ1) is 11.1. The normalized spacial score (nSPS) is 12.7. The van der Waals surface area contributed by atoms with Gasteiger partial charge in [-0.1, -0.05) is 0 Å². The van der Waals surface area contributed by atoms with Crippen molar-refractivity contribution in [2.24, 2.45) is 0 Å². The molecular weight excluding hydrogens is 304 g/mol. The Morgan fingerprint density at radius 1 is 0.870 bits per heavy atom. The van der Waals surface area contributed by atoms with Gasteiger partial charge in [0, 0.05) is 58.4 Å². The highest BCUT2D eigenvalue weighted by Gasteiger charge is 2.16. The predicted octanol–water partition coefficient (Wildman–Crippen LogP) is -3.12. The van der Waals surface area contributed by atoms with Crippen molar-refractivity contribution in [1.29, 1.82) is 0 Å². The van der Waals surface area contributed by atoms with Crippen LogP contribution in [0.5, 0.6) is 0 Å². The van der Waals surface area contributed by atoms with E-state index in [0.29, 0.717) is 39.3 Å². The van der Waals surface area contributed by atoms with Gasteiger partial charge in [-0.05, 0) is 0 Å². The summed E-state index contributed by atoms with van der Waals surface area (Å²) in [5.74, 6) is -0.878. The zero-order chi connectivity index (χ0) is 17.3. The summed E-state index contributed by atoms with van der Waals surface area (Å²) in [6.07, 6.45) is -0.00929. The fourth-order valence-corrected chi connectivity index (χ4v) is 2.17. The van der Waals surface area contributed by atoms with Crippen molar-refractivity contribution in [2.45, 2.75) is 12.5 Å². The number of carboxylic acids is 1. The van der Waals surface area contributed by atoms with Crippen LogP contribution in [0.4, 0.5) is 0 Å². The average molecular weight is 336 g/mol. The van der Waals surface area contributed by atoms with E-state index in [9.17, 15) is 4.79 Å². The SMILES string of the molecule is O=C(O)CC(CN(CCNCCO)CCNCCO)NCCO. The third-order valence-corrected chi connectivity index (χ3v) is 3.23. The topological polar surface area (TPSA) is 137 Å². The Bertz CT molecular complexity index is 272. The van der Waals surface area contributed by atoms with Crippen LogP contribution in [0.2, 0.25) is 0 Å². The van der Waals surface area contributed by atoms with E-state index in [-0.39, 0.29) is 32.3 Å². The summed E-state index contributed by atoms with van der Waals surface area (Å²) >= 11 is 0. The number of aliphatic carboxylic acids is 1.